The van der Waals surface area contributed by atoms with Crippen LogP contribution in [0.5, 0.6) is 0 Å². The van der Waals surface area contributed by atoms with Crippen molar-refractivity contribution in [3.63, 3.8) is 0 Å². The molecule has 0 unspecified atom stereocenters. The van der Waals surface area contributed by atoms with Gasteiger partial charge in [0.05, 0.1) is 18.0 Å². The summed E-state index contributed by atoms with van der Waals surface area (Å²) < 4.78 is 5.06. The zero-order valence-electron chi connectivity index (χ0n) is 10.6. The van der Waals surface area contributed by atoms with E-state index in [4.69, 9.17) is 22.1 Å². The van der Waals surface area contributed by atoms with Gasteiger partial charge >= 0.3 is 0 Å². The van der Waals surface area contributed by atoms with Crippen LogP contribution in [0.4, 0.5) is 11.4 Å². The number of carbonyl (C=O) groups is 1. The number of anilines is 2. The Morgan fingerprint density at radius 2 is 2.22 bits per heavy atom. The standard InChI is InChI=1S/C12H18ClN3O2/c1-16(2)11-4-3-9(13)7-10(11)15-12(17)8-18-6-5-14/h3-4,7H,5-6,8,14H2,1-2H3,(H,15,17). The molecule has 0 fully saturated rings. The fourth-order valence-electron chi connectivity index (χ4n) is 1.43. The van der Waals surface area contributed by atoms with Crippen LogP contribution < -0.4 is 16.0 Å². The van der Waals surface area contributed by atoms with Gasteiger partial charge in [0.1, 0.15) is 6.61 Å². The lowest BCUT2D eigenvalue weighted by Gasteiger charge is -2.18. The highest BCUT2D eigenvalue weighted by Gasteiger charge is 2.09. The SMILES string of the molecule is CN(C)c1ccc(Cl)cc1NC(=O)COCCN. The molecule has 0 bridgehead atoms. The number of halogens is 1. The van der Waals surface area contributed by atoms with Crippen molar-refractivity contribution in [2.75, 3.05) is 44.1 Å². The van der Waals surface area contributed by atoms with E-state index in [1.165, 1.54) is 0 Å². The Morgan fingerprint density at radius 3 is 2.83 bits per heavy atom. The molecule has 0 aliphatic carbocycles. The maximum atomic E-state index is 11.6. The molecule has 1 rings (SSSR count). The quantitative estimate of drug-likeness (QED) is 0.766. The van der Waals surface area contributed by atoms with Crippen molar-refractivity contribution in [1.82, 2.24) is 0 Å². The molecule has 6 heteroatoms. The second-order valence-corrected chi connectivity index (χ2v) is 4.38. The van der Waals surface area contributed by atoms with Gasteiger partial charge in [0.2, 0.25) is 5.91 Å². The maximum Gasteiger partial charge on any atom is 0.250 e. The van der Waals surface area contributed by atoms with Crippen LogP contribution in [-0.2, 0) is 9.53 Å². The number of hydrogen-bond donors (Lipinski definition) is 2. The molecule has 3 N–H and O–H groups in total. The van der Waals surface area contributed by atoms with E-state index in [-0.39, 0.29) is 12.5 Å². The molecule has 1 aromatic rings. The summed E-state index contributed by atoms with van der Waals surface area (Å²) in [5.41, 5.74) is 6.81. The molecule has 100 valence electrons. The topological polar surface area (TPSA) is 67.6 Å². The lowest BCUT2D eigenvalue weighted by Crippen LogP contribution is -2.22. The molecule has 1 amide bonds. The highest BCUT2D eigenvalue weighted by molar-refractivity contribution is 6.31. The first-order valence-corrected chi connectivity index (χ1v) is 5.97. The van der Waals surface area contributed by atoms with Crippen molar-refractivity contribution in [3.8, 4) is 0 Å². The Kier molecular flexibility index (Phi) is 5.91. The molecule has 0 aliphatic rings. The fraction of sp³-hybridized carbons (Fsp3) is 0.417. The Morgan fingerprint density at radius 1 is 1.50 bits per heavy atom. The molecule has 0 radical (unpaired) electrons. The molecule has 0 spiro atoms. The Labute approximate surface area is 112 Å². The number of amides is 1. The number of nitrogens with zero attached hydrogens (tertiary/aromatic N) is 1. The third kappa shape index (κ3) is 4.52. The molecule has 5 nitrogen and oxygen atoms in total. The number of hydrogen-bond acceptors (Lipinski definition) is 4. The van der Waals surface area contributed by atoms with Gasteiger partial charge in [-0.3, -0.25) is 4.79 Å². The molecule has 0 saturated carbocycles. The van der Waals surface area contributed by atoms with E-state index < -0.39 is 0 Å². The molecule has 0 aliphatic heterocycles. The van der Waals surface area contributed by atoms with Gasteiger partial charge in [0.15, 0.2) is 0 Å². The number of carbonyl (C=O) groups excluding carboxylic acids is 1. The average molecular weight is 272 g/mol. The molecule has 18 heavy (non-hydrogen) atoms. The summed E-state index contributed by atoms with van der Waals surface area (Å²) in [5, 5.41) is 3.33. The van der Waals surface area contributed by atoms with Crippen molar-refractivity contribution in [2.24, 2.45) is 5.73 Å². The minimum Gasteiger partial charge on any atom is -0.376 e. The van der Waals surface area contributed by atoms with E-state index in [9.17, 15) is 4.79 Å². The van der Waals surface area contributed by atoms with Crippen molar-refractivity contribution >= 4 is 28.9 Å². The number of ether oxygens (including phenoxy) is 1. The van der Waals surface area contributed by atoms with Gasteiger partial charge < -0.3 is 20.7 Å². The van der Waals surface area contributed by atoms with Crippen molar-refractivity contribution in [1.29, 1.82) is 0 Å². The Balaban J connectivity index is 2.70. The zero-order chi connectivity index (χ0) is 13.5. The normalized spacial score (nSPS) is 10.2. The first-order valence-electron chi connectivity index (χ1n) is 5.59. The van der Waals surface area contributed by atoms with Gasteiger partial charge in [-0.25, -0.2) is 0 Å². The van der Waals surface area contributed by atoms with Gasteiger partial charge in [-0.05, 0) is 18.2 Å². The number of nitrogens with one attached hydrogen (secondary N) is 1. The molecular formula is C12H18ClN3O2. The predicted molar refractivity (Wildman–Crippen MR) is 74.3 cm³/mol. The van der Waals surface area contributed by atoms with Crippen molar-refractivity contribution in [3.05, 3.63) is 23.2 Å². The van der Waals surface area contributed by atoms with Gasteiger partial charge in [-0.15, -0.1) is 0 Å². The van der Waals surface area contributed by atoms with Crippen molar-refractivity contribution in [2.45, 2.75) is 0 Å². The van der Waals surface area contributed by atoms with Crippen LogP contribution in [0.2, 0.25) is 5.02 Å². The summed E-state index contributed by atoms with van der Waals surface area (Å²) in [5.74, 6) is -0.228. The number of nitrogens with two attached hydrogens (primary N) is 1. The lowest BCUT2D eigenvalue weighted by molar-refractivity contribution is -0.120. The van der Waals surface area contributed by atoms with E-state index >= 15 is 0 Å². The van der Waals surface area contributed by atoms with E-state index in [0.717, 1.165) is 5.69 Å². The molecular weight excluding hydrogens is 254 g/mol. The first-order chi connectivity index (χ1) is 8.54. The monoisotopic (exact) mass is 271 g/mol. The smallest absolute Gasteiger partial charge is 0.250 e. The maximum absolute atomic E-state index is 11.6. The largest absolute Gasteiger partial charge is 0.376 e. The van der Waals surface area contributed by atoms with Crippen LogP contribution in [-0.4, -0.2) is 39.8 Å². The first kappa shape index (κ1) is 14.8. The van der Waals surface area contributed by atoms with Gasteiger partial charge in [0.25, 0.3) is 0 Å². The molecule has 0 heterocycles. The summed E-state index contributed by atoms with van der Waals surface area (Å²) in [4.78, 5) is 13.5. The zero-order valence-corrected chi connectivity index (χ0v) is 11.3. The summed E-state index contributed by atoms with van der Waals surface area (Å²) in [6.45, 7) is 0.744. The number of rotatable bonds is 6. The minimum atomic E-state index is -0.228. The van der Waals surface area contributed by atoms with Crippen LogP contribution >= 0.6 is 11.6 Å². The predicted octanol–water partition coefficient (Wildman–Crippen LogP) is 1.32. The van der Waals surface area contributed by atoms with Gasteiger partial charge in [-0.1, -0.05) is 11.6 Å². The Hall–Kier alpha value is -1.30. The third-order valence-corrected chi connectivity index (χ3v) is 2.44. The van der Waals surface area contributed by atoms with Crippen LogP contribution in [0.3, 0.4) is 0 Å². The lowest BCUT2D eigenvalue weighted by atomic mass is 10.2. The summed E-state index contributed by atoms with van der Waals surface area (Å²) in [6.07, 6.45) is 0. The van der Waals surface area contributed by atoms with Gasteiger partial charge in [-0.2, -0.15) is 0 Å². The molecule has 0 aromatic heterocycles. The molecule has 0 atom stereocenters. The van der Waals surface area contributed by atoms with E-state index in [1.807, 2.05) is 25.1 Å². The highest BCUT2D eigenvalue weighted by atomic mass is 35.5. The second kappa shape index (κ2) is 7.20. The van der Waals surface area contributed by atoms with Crippen LogP contribution in [0.25, 0.3) is 0 Å². The van der Waals surface area contributed by atoms with Crippen molar-refractivity contribution < 1.29 is 9.53 Å². The van der Waals surface area contributed by atoms with Crippen LogP contribution in [0.1, 0.15) is 0 Å². The Bertz CT molecular complexity index is 410. The van der Waals surface area contributed by atoms with E-state index in [1.54, 1.807) is 12.1 Å². The average Bonchev–Trinajstić information content (AvgIpc) is 2.29. The van der Waals surface area contributed by atoms with E-state index in [2.05, 4.69) is 5.32 Å². The summed E-state index contributed by atoms with van der Waals surface area (Å²) in [6, 6.07) is 5.33. The highest BCUT2D eigenvalue weighted by Crippen LogP contribution is 2.27. The van der Waals surface area contributed by atoms with E-state index in [0.29, 0.717) is 23.9 Å². The number of benzene rings is 1. The summed E-state index contributed by atoms with van der Waals surface area (Å²) >= 11 is 5.91. The minimum absolute atomic E-state index is 0.0173. The fourth-order valence-corrected chi connectivity index (χ4v) is 1.60. The van der Waals surface area contributed by atoms with Gasteiger partial charge in [0, 0.05) is 25.7 Å². The molecule has 0 saturated heterocycles. The third-order valence-electron chi connectivity index (χ3n) is 2.21. The summed E-state index contributed by atoms with van der Waals surface area (Å²) in [7, 11) is 3.79. The second-order valence-electron chi connectivity index (χ2n) is 3.95. The van der Waals surface area contributed by atoms with Crippen LogP contribution in [0, 0.1) is 0 Å². The van der Waals surface area contributed by atoms with Crippen LogP contribution in [0.15, 0.2) is 18.2 Å². The molecule has 1 aromatic carbocycles.